The van der Waals surface area contributed by atoms with Crippen molar-refractivity contribution in [3.8, 4) is 5.75 Å². The molecule has 0 aliphatic carbocycles. The van der Waals surface area contributed by atoms with E-state index in [0.29, 0.717) is 22.9 Å². The lowest BCUT2D eigenvalue weighted by Gasteiger charge is -2.37. The Morgan fingerprint density at radius 1 is 1.25 bits per heavy atom. The average molecular weight is 347 g/mol. The maximum Gasteiger partial charge on any atom is 0.389 e. The van der Waals surface area contributed by atoms with E-state index in [1.54, 1.807) is 31.3 Å². The summed E-state index contributed by atoms with van der Waals surface area (Å²) in [7, 11) is 1.70. The highest BCUT2D eigenvalue weighted by Gasteiger charge is 2.68. The smallest absolute Gasteiger partial charge is 0.389 e. The summed E-state index contributed by atoms with van der Waals surface area (Å²) in [6, 6.07) is 14.3. The van der Waals surface area contributed by atoms with Gasteiger partial charge in [-0.25, -0.2) is 4.84 Å². The molecule has 7 heteroatoms. The van der Waals surface area contributed by atoms with Crippen molar-refractivity contribution in [3.05, 3.63) is 74.8 Å². The first-order valence-corrected chi connectivity index (χ1v) is 7.96. The van der Waals surface area contributed by atoms with Crippen molar-refractivity contribution in [1.82, 2.24) is 5.06 Å². The lowest BCUT2D eigenvalue weighted by molar-refractivity contribution is -0.655. The number of nitrogens with zero attached hydrogens (tertiary/aromatic N) is 2. The molecule has 6 nitrogen and oxygen atoms in total. The molecule has 124 valence electrons. The van der Waals surface area contributed by atoms with Crippen molar-refractivity contribution < 1.29 is 14.5 Å². The molecule has 0 saturated carbocycles. The van der Waals surface area contributed by atoms with Gasteiger partial charge >= 0.3 is 5.72 Å². The summed E-state index contributed by atoms with van der Waals surface area (Å²) in [5.74, 6) is 0.224. The second-order valence-corrected chi connectivity index (χ2v) is 6.49. The SMILES string of the molecule is CN1C[C@H]2c3ccccc3O[C@@H](c3ccc(Cl)cc3)[C@@]2([N+](=O)[O-])O1. The molecule has 2 heterocycles. The zero-order valence-corrected chi connectivity index (χ0v) is 13.6. The van der Waals surface area contributed by atoms with Gasteiger partial charge in [0.1, 0.15) is 11.7 Å². The van der Waals surface area contributed by atoms with Crippen molar-refractivity contribution in [2.24, 2.45) is 0 Å². The van der Waals surface area contributed by atoms with Crippen molar-refractivity contribution in [3.63, 3.8) is 0 Å². The zero-order chi connectivity index (χ0) is 16.9. The number of hydrogen-bond donors (Lipinski definition) is 0. The molecule has 0 aromatic heterocycles. The lowest BCUT2D eigenvalue weighted by atomic mass is 9.80. The van der Waals surface area contributed by atoms with Crippen LogP contribution >= 0.6 is 11.6 Å². The molecule has 3 atom stereocenters. The number of ether oxygens (including phenoxy) is 1. The van der Waals surface area contributed by atoms with Crippen molar-refractivity contribution in [1.29, 1.82) is 0 Å². The summed E-state index contributed by atoms with van der Waals surface area (Å²) in [5, 5.41) is 14.2. The van der Waals surface area contributed by atoms with Crippen molar-refractivity contribution >= 4 is 11.6 Å². The Kier molecular flexibility index (Phi) is 3.49. The van der Waals surface area contributed by atoms with E-state index in [9.17, 15) is 10.1 Å². The van der Waals surface area contributed by atoms with Gasteiger partial charge in [0, 0.05) is 29.7 Å². The highest BCUT2D eigenvalue weighted by molar-refractivity contribution is 6.30. The molecular formula is C17H15ClN2O4. The molecular weight excluding hydrogens is 332 g/mol. The molecule has 0 radical (unpaired) electrons. The van der Waals surface area contributed by atoms with E-state index in [1.807, 2.05) is 24.3 Å². The minimum Gasteiger partial charge on any atom is -0.475 e. The van der Waals surface area contributed by atoms with E-state index in [4.69, 9.17) is 21.2 Å². The van der Waals surface area contributed by atoms with Gasteiger partial charge < -0.3 is 4.74 Å². The number of fused-ring (bicyclic) bond motifs is 3. The Labute approximate surface area is 143 Å². The topological polar surface area (TPSA) is 64.8 Å². The first-order valence-electron chi connectivity index (χ1n) is 7.58. The van der Waals surface area contributed by atoms with Gasteiger partial charge in [-0.1, -0.05) is 41.9 Å². The van der Waals surface area contributed by atoms with Crippen LogP contribution in [0.15, 0.2) is 48.5 Å². The molecule has 2 aliphatic heterocycles. The summed E-state index contributed by atoms with van der Waals surface area (Å²) >= 11 is 5.95. The lowest BCUT2D eigenvalue weighted by Crippen LogP contribution is -2.53. The van der Waals surface area contributed by atoms with Gasteiger partial charge in [-0.05, 0) is 18.2 Å². The molecule has 0 N–H and O–H groups in total. The molecule has 24 heavy (non-hydrogen) atoms. The molecule has 0 amide bonds. The number of rotatable bonds is 2. The molecule has 4 rings (SSSR count). The molecule has 0 bridgehead atoms. The van der Waals surface area contributed by atoms with Crippen molar-refractivity contribution in [2.75, 3.05) is 13.6 Å². The summed E-state index contributed by atoms with van der Waals surface area (Å²) in [4.78, 5) is 17.5. The van der Waals surface area contributed by atoms with Gasteiger partial charge in [-0.15, -0.1) is 0 Å². The summed E-state index contributed by atoms with van der Waals surface area (Å²) < 4.78 is 6.05. The van der Waals surface area contributed by atoms with Crippen LogP contribution in [0, 0.1) is 10.1 Å². The number of likely N-dealkylation sites (N-methyl/N-ethyl adjacent to an activating group) is 1. The normalized spacial score (nSPS) is 28.8. The third-order valence-corrected chi connectivity index (χ3v) is 4.87. The first kappa shape index (κ1) is 15.4. The van der Waals surface area contributed by atoms with Crippen LogP contribution < -0.4 is 4.74 Å². The van der Waals surface area contributed by atoms with Gasteiger partial charge in [0.25, 0.3) is 0 Å². The quantitative estimate of drug-likeness (QED) is 0.616. The highest BCUT2D eigenvalue weighted by Crippen LogP contribution is 2.54. The predicted octanol–water partition coefficient (Wildman–Crippen LogP) is 3.41. The summed E-state index contributed by atoms with van der Waals surface area (Å²) in [6.45, 7) is 0.422. The second kappa shape index (κ2) is 5.44. The Balaban J connectivity index is 1.92. The van der Waals surface area contributed by atoms with E-state index < -0.39 is 17.7 Å². The predicted molar refractivity (Wildman–Crippen MR) is 87.4 cm³/mol. The highest BCUT2D eigenvalue weighted by atomic mass is 35.5. The molecule has 0 unspecified atom stereocenters. The van der Waals surface area contributed by atoms with Gasteiger partial charge in [-0.3, -0.25) is 10.1 Å². The van der Waals surface area contributed by atoms with Crippen LogP contribution in [0.2, 0.25) is 5.02 Å². The molecule has 0 spiro atoms. The number of para-hydroxylation sites is 1. The minimum atomic E-state index is -1.70. The van der Waals surface area contributed by atoms with Crippen molar-refractivity contribution in [2.45, 2.75) is 17.7 Å². The summed E-state index contributed by atoms with van der Waals surface area (Å²) in [6.07, 6.45) is -0.866. The Bertz CT molecular complexity index is 797. The van der Waals surface area contributed by atoms with Crippen LogP contribution in [-0.2, 0) is 4.84 Å². The van der Waals surface area contributed by atoms with Crippen LogP contribution in [0.5, 0.6) is 5.75 Å². The van der Waals surface area contributed by atoms with Crippen LogP contribution in [0.3, 0.4) is 0 Å². The second-order valence-electron chi connectivity index (χ2n) is 6.05. The fourth-order valence-electron chi connectivity index (χ4n) is 3.58. The van der Waals surface area contributed by atoms with Crippen LogP contribution in [-0.4, -0.2) is 29.3 Å². The standard InChI is InChI=1S/C17H15ClN2O4/c1-19-10-14-13-4-2-3-5-15(13)23-16(17(14,24-19)20(21)22)11-6-8-12(18)9-7-11/h2-9,14,16H,10H2,1H3/t14-,16-,17-/m0/s1. The van der Waals surface area contributed by atoms with Gasteiger partial charge in [0.15, 0.2) is 0 Å². The fourth-order valence-corrected chi connectivity index (χ4v) is 3.70. The van der Waals surface area contributed by atoms with Crippen LogP contribution in [0.4, 0.5) is 0 Å². The third kappa shape index (κ3) is 2.11. The number of hydrogen-bond acceptors (Lipinski definition) is 5. The fraction of sp³-hybridized carbons (Fsp3) is 0.294. The van der Waals surface area contributed by atoms with Crippen LogP contribution in [0.25, 0.3) is 0 Å². The first-order chi connectivity index (χ1) is 11.5. The number of benzene rings is 2. The maximum absolute atomic E-state index is 12.1. The van der Waals surface area contributed by atoms with E-state index in [-0.39, 0.29) is 4.92 Å². The van der Waals surface area contributed by atoms with Gasteiger partial charge in [-0.2, -0.15) is 5.06 Å². The maximum atomic E-state index is 12.1. The number of halogens is 1. The molecule has 1 saturated heterocycles. The zero-order valence-electron chi connectivity index (χ0n) is 12.9. The minimum absolute atomic E-state index is 0.365. The molecule has 1 fully saturated rings. The molecule has 2 aliphatic rings. The Hall–Kier alpha value is -2.15. The number of hydroxylamine groups is 2. The summed E-state index contributed by atoms with van der Waals surface area (Å²) in [5.41, 5.74) is -0.244. The van der Waals surface area contributed by atoms with Gasteiger partial charge in [0.2, 0.25) is 6.10 Å². The van der Waals surface area contributed by atoms with E-state index in [0.717, 1.165) is 5.56 Å². The Morgan fingerprint density at radius 2 is 1.96 bits per heavy atom. The average Bonchev–Trinajstić information content (AvgIpc) is 2.93. The monoisotopic (exact) mass is 346 g/mol. The third-order valence-electron chi connectivity index (χ3n) is 4.61. The largest absolute Gasteiger partial charge is 0.475 e. The Morgan fingerprint density at radius 3 is 2.67 bits per heavy atom. The van der Waals surface area contributed by atoms with Gasteiger partial charge in [0.05, 0.1) is 4.92 Å². The van der Waals surface area contributed by atoms with E-state index in [2.05, 4.69) is 0 Å². The van der Waals surface area contributed by atoms with E-state index in [1.165, 1.54) is 5.06 Å². The number of nitro groups is 1. The molecule has 2 aromatic carbocycles. The van der Waals surface area contributed by atoms with Crippen LogP contribution in [0.1, 0.15) is 23.1 Å². The van der Waals surface area contributed by atoms with E-state index >= 15 is 0 Å². The molecule has 2 aromatic rings.